The van der Waals surface area contributed by atoms with Crippen molar-refractivity contribution in [3.8, 4) is 6.07 Å². The number of thiol groups is 1. The summed E-state index contributed by atoms with van der Waals surface area (Å²) in [6, 6.07) is 1.75. The van der Waals surface area contributed by atoms with Gasteiger partial charge < -0.3 is 0 Å². The normalized spacial score (nSPS) is 6.00. The molecule has 0 aromatic heterocycles. The van der Waals surface area contributed by atoms with E-state index < -0.39 is 11.0 Å². The summed E-state index contributed by atoms with van der Waals surface area (Å²) in [5.41, 5.74) is 0. The van der Waals surface area contributed by atoms with Gasteiger partial charge in [0.25, 0.3) is 11.0 Å². The first-order chi connectivity index (χ1) is 3.15. The van der Waals surface area contributed by atoms with Crippen LogP contribution in [0.15, 0.2) is 0 Å². The van der Waals surface area contributed by atoms with Crippen molar-refractivity contribution < 1.29 is 13.0 Å². The Morgan fingerprint density at radius 3 is 1.71 bits per heavy atom. The van der Waals surface area contributed by atoms with E-state index in [4.69, 9.17) is 18.2 Å². The van der Waals surface area contributed by atoms with Crippen molar-refractivity contribution in [3.05, 3.63) is 0 Å². The van der Waals surface area contributed by atoms with Gasteiger partial charge in [-0.2, -0.15) is 5.26 Å². The van der Waals surface area contributed by atoms with Crippen LogP contribution in [0.25, 0.3) is 0 Å². The third-order valence-corrected chi connectivity index (χ3v) is 0. The molecule has 0 aliphatic carbocycles. The van der Waals surface area contributed by atoms with Gasteiger partial charge in [-0.3, -0.25) is 4.55 Å². The minimum atomic E-state index is -3.12. The maximum atomic E-state index is 8.59. The molecule has 0 unspecified atom stereocenters. The lowest BCUT2D eigenvalue weighted by molar-refractivity contribution is 0.509. The number of hydrogen-bond donors (Lipinski definition) is 2. The summed E-state index contributed by atoms with van der Waals surface area (Å²) in [6.07, 6.45) is 0. The van der Waals surface area contributed by atoms with E-state index in [0.717, 1.165) is 0 Å². The lowest BCUT2D eigenvalue weighted by Gasteiger charge is -1.43. The van der Waals surface area contributed by atoms with Gasteiger partial charge >= 0.3 is 0 Å². The van der Waals surface area contributed by atoms with Gasteiger partial charge in [0.2, 0.25) is 0 Å². The predicted octanol–water partition coefficient (Wildman–Crippen LogP) is -0.399. The zero-order chi connectivity index (χ0) is 6.28. The second-order valence-electron chi connectivity index (χ2n) is 0.461. The molecule has 0 heterocycles. The molecule has 0 aromatic rings. The van der Waals surface area contributed by atoms with Crippen molar-refractivity contribution in [2.45, 2.75) is 6.92 Å². The Hall–Kier alpha value is -0.600. The molecular weight excluding hydrogens is 118 g/mol. The molecule has 0 atom stereocenters. The van der Waals surface area contributed by atoms with Crippen LogP contribution in [-0.4, -0.2) is 13.0 Å². The smallest absolute Gasteiger partial charge is 0.254 e. The number of hydrogen-bond acceptors (Lipinski definition) is 3. The molecule has 0 aliphatic heterocycles. The second-order valence-corrected chi connectivity index (χ2v) is 0.937. The average Bonchev–Trinajstić information content (AvgIpc) is 1.33. The van der Waals surface area contributed by atoms with E-state index in [1.165, 1.54) is 6.92 Å². The quantitative estimate of drug-likeness (QED) is 0.339. The van der Waals surface area contributed by atoms with Crippen molar-refractivity contribution in [2.24, 2.45) is 0 Å². The average molecular weight is 123 g/mol. The predicted molar refractivity (Wildman–Crippen MR) is 24.2 cm³/mol. The molecule has 0 aliphatic rings. The lowest BCUT2D eigenvalue weighted by atomic mass is 11.0. The summed E-state index contributed by atoms with van der Waals surface area (Å²) < 4.78 is 24.2. The summed E-state index contributed by atoms with van der Waals surface area (Å²) in [5.74, 6) is 0. The molecule has 1 N–H and O–H groups in total. The van der Waals surface area contributed by atoms with E-state index >= 15 is 0 Å². The van der Waals surface area contributed by atoms with Crippen molar-refractivity contribution in [1.82, 2.24) is 0 Å². The van der Waals surface area contributed by atoms with E-state index in [1.54, 1.807) is 6.07 Å². The van der Waals surface area contributed by atoms with Crippen molar-refractivity contribution in [1.29, 1.82) is 5.26 Å². The van der Waals surface area contributed by atoms with Crippen LogP contribution in [0.5, 0.6) is 0 Å². The van der Waals surface area contributed by atoms with Crippen LogP contribution < -0.4 is 0 Å². The summed E-state index contributed by atoms with van der Waals surface area (Å²) in [7, 11) is -3.12. The second kappa shape index (κ2) is 9.04. The van der Waals surface area contributed by atoms with Crippen LogP contribution in [0.4, 0.5) is 0 Å². The first kappa shape index (κ1) is 9.64. The standard InChI is InChI=1S/C2H3N.H2O3S/c1-2-3;1-4(2)3/h1H3;4H,(H,1,2,3). The molecular formula is C2H5NO3S. The fourth-order valence-corrected chi connectivity index (χ4v) is 0. The molecule has 7 heavy (non-hydrogen) atoms. The number of nitrogens with zero attached hydrogens (tertiary/aromatic N) is 1. The third-order valence-electron chi connectivity index (χ3n) is 0. The Balaban J connectivity index is 0. The minimum absolute atomic E-state index is 1.43. The Kier molecular flexibility index (Phi) is 12.5. The fraction of sp³-hybridized carbons (Fsp3) is 0.500. The number of rotatable bonds is 0. The van der Waals surface area contributed by atoms with Gasteiger partial charge in [0.1, 0.15) is 0 Å². The molecule has 0 aromatic carbocycles. The zero-order valence-corrected chi connectivity index (χ0v) is 4.55. The molecule has 5 heteroatoms. The van der Waals surface area contributed by atoms with Gasteiger partial charge in [-0.05, 0) is 0 Å². The Morgan fingerprint density at radius 1 is 1.71 bits per heavy atom. The van der Waals surface area contributed by atoms with Gasteiger partial charge in [-0.25, -0.2) is 8.42 Å². The van der Waals surface area contributed by atoms with Gasteiger partial charge in [-0.15, -0.1) is 0 Å². The molecule has 0 bridgehead atoms. The van der Waals surface area contributed by atoms with E-state index in [0.29, 0.717) is 0 Å². The summed E-state index contributed by atoms with van der Waals surface area (Å²) in [6.45, 7) is 1.43. The lowest BCUT2D eigenvalue weighted by Crippen LogP contribution is -1.58. The molecule has 0 saturated carbocycles. The maximum absolute atomic E-state index is 8.59. The monoisotopic (exact) mass is 123 g/mol. The highest BCUT2D eigenvalue weighted by molar-refractivity contribution is 7.66. The molecule has 0 saturated heterocycles. The highest BCUT2D eigenvalue weighted by Crippen LogP contribution is 1.27. The zero-order valence-electron chi connectivity index (χ0n) is 3.66. The fourth-order valence-electron chi connectivity index (χ4n) is 0. The van der Waals surface area contributed by atoms with Crippen molar-refractivity contribution >= 4 is 11.0 Å². The molecule has 0 rings (SSSR count). The first-order valence-electron chi connectivity index (χ1n) is 1.29. The Labute approximate surface area is 43.2 Å². The van der Waals surface area contributed by atoms with E-state index in [1.807, 2.05) is 0 Å². The van der Waals surface area contributed by atoms with Gasteiger partial charge in [-0.1, -0.05) is 0 Å². The van der Waals surface area contributed by atoms with Crippen LogP contribution in [-0.2, 0) is 11.0 Å². The topological polar surface area (TPSA) is 78.2 Å². The van der Waals surface area contributed by atoms with Crippen LogP contribution in [0.3, 0.4) is 0 Å². The van der Waals surface area contributed by atoms with Crippen molar-refractivity contribution in [2.75, 3.05) is 0 Å². The number of nitriles is 1. The van der Waals surface area contributed by atoms with Crippen LogP contribution in [0.2, 0.25) is 0 Å². The van der Waals surface area contributed by atoms with Crippen molar-refractivity contribution in [3.63, 3.8) is 0 Å². The molecule has 0 radical (unpaired) electrons. The minimum Gasteiger partial charge on any atom is -0.288 e. The molecule has 0 amide bonds. The summed E-state index contributed by atoms with van der Waals surface area (Å²) in [5, 5.41) is 7.32. The largest absolute Gasteiger partial charge is 0.288 e. The summed E-state index contributed by atoms with van der Waals surface area (Å²) >= 11 is 0. The molecule has 4 nitrogen and oxygen atoms in total. The van der Waals surface area contributed by atoms with E-state index in [-0.39, 0.29) is 0 Å². The van der Waals surface area contributed by atoms with Gasteiger partial charge in [0.15, 0.2) is 0 Å². The van der Waals surface area contributed by atoms with Crippen LogP contribution in [0.1, 0.15) is 6.92 Å². The SMILES string of the molecule is CC#N.O=[SH](=O)O. The molecule has 0 spiro atoms. The Bertz CT molecular complexity index is 113. The molecule has 0 fully saturated rings. The van der Waals surface area contributed by atoms with E-state index in [9.17, 15) is 0 Å². The highest BCUT2D eigenvalue weighted by Gasteiger charge is 1.44. The van der Waals surface area contributed by atoms with Gasteiger partial charge in [0.05, 0.1) is 6.07 Å². The summed E-state index contributed by atoms with van der Waals surface area (Å²) in [4.78, 5) is 0. The molecule has 42 valence electrons. The third kappa shape index (κ3) is 173. The first-order valence-corrected chi connectivity index (χ1v) is 2.42. The maximum Gasteiger partial charge on any atom is 0.254 e. The van der Waals surface area contributed by atoms with E-state index in [2.05, 4.69) is 0 Å². The highest BCUT2D eigenvalue weighted by atomic mass is 32.2. The van der Waals surface area contributed by atoms with Crippen LogP contribution >= 0.6 is 0 Å². The van der Waals surface area contributed by atoms with Crippen LogP contribution in [0, 0.1) is 11.3 Å². The van der Waals surface area contributed by atoms with Gasteiger partial charge in [0, 0.05) is 6.92 Å². The Morgan fingerprint density at radius 2 is 1.71 bits per heavy atom.